The average molecular weight is 482 g/mol. The van der Waals surface area contributed by atoms with E-state index in [9.17, 15) is 14.0 Å². The van der Waals surface area contributed by atoms with E-state index in [0.717, 1.165) is 28.1 Å². The molecule has 1 aliphatic heterocycles. The van der Waals surface area contributed by atoms with E-state index in [1.165, 1.54) is 34.4 Å². The van der Waals surface area contributed by atoms with E-state index in [0.29, 0.717) is 35.8 Å². The number of benzene rings is 1. The van der Waals surface area contributed by atoms with Gasteiger partial charge in [-0.2, -0.15) is 4.98 Å². The van der Waals surface area contributed by atoms with Crippen molar-refractivity contribution in [1.29, 1.82) is 0 Å². The second-order valence-corrected chi connectivity index (χ2v) is 9.81. The van der Waals surface area contributed by atoms with Gasteiger partial charge in [0.1, 0.15) is 10.6 Å². The third kappa shape index (κ3) is 4.25. The zero-order chi connectivity index (χ0) is 23.8. The van der Waals surface area contributed by atoms with E-state index < -0.39 is 0 Å². The largest absolute Gasteiger partial charge is 0.342 e. The lowest BCUT2D eigenvalue weighted by atomic mass is 9.97. The number of rotatable bonds is 5. The quantitative estimate of drug-likeness (QED) is 0.427. The number of piperidine rings is 1. The predicted molar refractivity (Wildman–Crippen MR) is 126 cm³/mol. The molecule has 0 radical (unpaired) electrons. The van der Waals surface area contributed by atoms with Crippen molar-refractivity contribution in [2.45, 2.75) is 45.6 Å². The average Bonchev–Trinajstić information content (AvgIpc) is 3.44. The normalized spacial score (nSPS) is 16.3. The van der Waals surface area contributed by atoms with Crippen molar-refractivity contribution in [3.63, 3.8) is 0 Å². The van der Waals surface area contributed by atoms with Crippen LogP contribution in [0, 0.1) is 19.7 Å². The summed E-state index contributed by atoms with van der Waals surface area (Å²) in [7, 11) is 0. The predicted octanol–water partition coefficient (Wildman–Crippen LogP) is 4.06. The SMILES string of the molecule is Cc1sc2ncn(CCC(=O)N3CCCC(c4nc(-c5cccc(F)c5)no4)C3)c(=O)c2c1C. The molecular weight excluding hydrogens is 457 g/mol. The summed E-state index contributed by atoms with van der Waals surface area (Å²) in [5, 5.41) is 4.63. The number of halogens is 1. The number of hydrogen-bond donors (Lipinski definition) is 0. The van der Waals surface area contributed by atoms with Gasteiger partial charge < -0.3 is 9.42 Å². The summed E-state index contributed by atoms with van der Waals surface area (Å²) in [5.41, 5.74) is 1.40. The molecule has 4 heterocycles. The van der Waals surface area contributed by atoms with Gasteiger partial charge in [0.25, 0.3) is 5.56 Å². The first-order valence-electron chi connectivity index (χ1n) is 11.2. The first-order chi connectivity index (χ1) is 16.4. The van der Waals surface area contributed by atoms with Gasteiger partial charge in [-0.05, 0) is 44.4 Å². The minimum atomic E-state index is -0.365. The number of amides is 1. The van der Waals surface area contributed by atoms with Crippen LogP contribution < -0.4 is 5.56 Å². The summed E-state index contributed by atoms with van der Waals surface area (Å²) in [4.78, 5) is 38.3. The number of carbonyl (C=O) groups is 1. The fraction of sp³-hybridized carbons (Fsp3) is 0.375. The summed E-state index contributed by atoms with van der Waals surface area (Å²) in [6, 6.07) is 6.04. The Hall–Kier alpha value is -3.40. The highest BCUT2D eigenvalue weighted by Crippen LogP contribution is 2.28. The Balaban J connectivity index is 1.25. The summed E-state index contributed by atoms with van der Waals surface area (Å²) in [6.07, 6.45) is 3.37. The van der Waals surface area contributed by atoms with Gasteiger partial charge in [0.15, 0.2) is 0 Å². The molecule has 1 aromatic carbocycles. The van der Waals surface area contributed by atoms with Crippen LogP contribution in [-0.4, -0.2) is 43.6 Å². The van der Waals surface area contributed by atoms with Crippen molar-refractivity contribution < 1.29 is 13.7 Å². The molecule has 10 heteroatoms. The second kappa shape index (κ2) is 9.09. The van der Waals surface area contributed by atoms with Gasteiger partial charge in [-0.15, -0.1) is 11.3 Å². The van der Waals surface area contributed by atoms with Gasteiger partial charge >= 0.3 is 0 Å². The van der Waals surface area contributed by atoms with Crippen LogP contribution in [0.2, 0.25) is 0 Å². The summed E-state index contributed by atoms with van der Waals surface area (Å²) >= 11 is 1.51. The highest BCUT2D eigenvalue weighted by molar-refractivity contribution is 7.18. The zero-order valence-electron chi connectivity index (χ0n) is 19.0. The molecule has 34 heavy (non-hydrogen) atoms. The number of hydrogen-bond acceptors (Lipinski definition) is 7. The lowest BCUT2D eigenvalue weighted by Gasteiger charge is -2.31. The number of aryl methyl sites for hydroxylation is 3. The Kier molecular flexibility index (Phi) is 5.99. The van der Waals surface area contributed by atoms with Crippen molar-refractivity contribution in [2.75, 3.05) is 13.1 Å². The first kappa shape index (κ1) is 22.4. The number of thiophene rings is 1. The number of aromatic nitrogens is 4. The molecule has 8 nitrogen and oxygen atoms in total. The molecule has 0 aliphatic carbocycles. The maximum atomic E-state index is 13.5. The molecule has 0 bridgehead atoms. The van der Waals surface area contributed by atoms with Crippen LogP contribution in [0.3, 0.4) is 0 Å². The van der Waals surface area contributed by atoms with Gasteiger partial charge in [-0.25, -0.2) is 9.37 Å². The van der Waals surface area contributed by atoms with E-state index in [-0.39, 0.29) is 36.2 Å². The van der Waals surface area contributed by atoms with Crippen LogP contribution in [0.5, 0.6) is 0 Å². The molecule has 1 saturated heterocycles. The van der Waals surface area contributed by atoms with Gasteiger partial charge in [-0.3, -0.25) is 14.2 Å². The van der Waals surface area contributed by atoms with Crippen LogP contribution in [0.25, 0.3) is 21.6 Å². The molecule has 0 saturated carbocycles. The van der Waals surface area contributed by atoms with Crippen LogP contribution in [0.15, 0.2) is 39.9 Å². The third-order valence-electron chi connectivity index (χ3n) is 6.37. The molecule has 1 fully saturated rings. The third-order valence-corrected chi connectivity index (χ3v) is 7.49. The molecule has 1 atom stereocenters. The summed E-state index contributed by atoms with van der Waals surface area (Å²) in [5.74, 6) is 0.311. The Bertz CT molecular complexity index is 1430. The fourth-order valence-corrected chi connectivity index (χ4v) is 5.34. The Morgan fingerprint density at radius 3 is 3.00 bits per heavy atom. The number of fused-ring (bicyclic) bond motifs is 1. The highest BCUT2D eigenvalue weighted by atomic mass is 32.1. The summed E-state index contributed by atoms with van der Waals surface area (Å²) in [6.45, 7) is 5.30. The van der Waals surface area contributed by atoms with Gasteiger partial charge in [0.2, 0.25) is 17.6 Å². The van der Waals surface area contributed by atoms with E-state index in [4.69, 9.17) is 4.52 Å². The Labute approximate surface area is 199 Å². The van der Waals surface area contributed by atoms with Crippen LogP contribution in [0.1, 0.15) is 41.5 Å². The van der Waals surface area contributed by atoms with Crippen LogP contribution in [0.4, 0.5) is 4.39 Å². The maximum Gasteiger partial charge on any atom is 0.262 e. The van der Waals surface area contributed by atoms with E-state index in [1.807, 2.05) is 13.8 Å². The summed E-state index contributed by atoms with van der Waals surface area (Å²) < 4.78 is 20.5. The van der Waals surface area contributed by atoms with E-state index >= 15 is 0 Å². The zero-order valence-corrected chi connectivity index (χ0v) is 19.8. The lowest BCUT2D eigenvalue weighted by Crippen LogP contribution is -2.39. The van der Waals surface area contributed by atoms with Gasteiger partial charge in [0, 0.05) is 36.5 Å². The standard InChI is InChI=1S/C24H24FN5O3S/c1-14-15(2)34-23-20(14)24(32)30(13-26-23)10-8-19(31)29-9-4-6-17(12-29)22-27-21(28-33-22)16-5-3-7-18(25)11-16/h3,5,7,11,13,17H,4,6,8-10,12H2,1-2H3. The molecule has 3 aromatic heterocycles. The van der Waals surface area contributed by atoms with Crippen LogP contribution in [-0.2, 0) is 11.3 Å². The first-order valence-corrected chi connectivity index (χ1v) is 12.0. The van der Waals surface area contributed by atoms with Crippen molar-refractivity contribution in [2.24, 2.45) is 0 Å². The Morgan fingerprint density at radius 2 is 2.18 bits per heavy atom. The maximum absolute atomic E-state index is 13.5. The van der Waals surface area contributed by atoms with Crippen molar-refractivity contribution in [1.82, 2.24) is 24.6 Å². The second-order valence-electron chi connectivity index (χ2n) is 8.60. The number of carbonyl (C=O) groups excluding carboxylic acids is 1. The van der Waals surface area contributed by atoms with E-state index in [1.54, 1.807) is 17.0 Å². The minimum Gasteiger partial charge on any atom is -0.342 e. The topological polar surface area (TPSA) is 94.1 Å². The smallest absolute Gasteiger partial charge is 0.262 e. The minimum absolute atomic E-state index is 0.0280. The fourth-order valence-electron chi connectivity index (χ4n) is 4.35. The molecule has 0 N–H and O–H groups in total. The van der Waals surface area contributed by atoms with Crippen LogP contribution >= 0.6 is 11.3 Å². The van der Waals surface area contributed by atoms with E-state index in [2.05, 4.69) is 15.1 Å². The van der Waals surface area contributed by atoms with Gasteiger partial charge in [-0.1, -0.05) is 17.3 Å². The highest BCUT2D eigenvalue weighted by Gasteiger charge is 2.28. The van der Waals surface area contributed by atoms with Crippen molar-refractivity contribution in [3.8, 4) is 11.4 Å². The lowest BCUT2D eigenvalue weighted by molar-refractivity contribution is -0.132. The molecule has 1 unspecified atom stereocenters. The molecule has 5 rings (SSSR count). The molecule has 1 aliphatic rings. The molecule has 0 spiro atoms. The number of nitrogens with zero attached hydrogens (tertiary/aromatic N) is 5. The molecule has 176 valence electrons. The number of likely N-dealkylation sites (tertiary alicyclic amines) is 1. The molecular formula is C24H24FN5O3S. The molecule has 4 aromatic rings. The monoisotopic (exact) mass is 481 g/mol. The van der Waals surface area contributed by atoms with Gasteiger partial charge in [0.05, 0.1) is 17.6 Å². The Morgan fingerprint density at radius 1 is 1.32 bits per heavy atom. The molecule has 1 amide bonds. The van der Waals surface area contributed by atoms with Crippen molar-refractivity contribution in [3.05, 3.63) is 63.1 Å². The van der Waals surface area contributed by atoms with Crippen molar-refractivity contribution >= 4 is 27.5 Å².